The molecule has 0 radical (unpaired) electrons. The third kappa shape index (κ3) is 6.44. The van der Waals surface area contributed by atoms with Crippen molar-refractivity contribution in [1.82, 2.24) is 14.8 Å². The van der Waals surface area contributed by atoms with Gasteiger partial charge in [0.05, 0.1) is 25.4 Å². The van der Waals surface area contributed by atoms with Crippen molar-refractivity contribution in [2.24, 2.45) is 0 Å². The lowest BCUT2D eigenvalue weighted by Gasteiger charge is -2.26. The molecule has 1 aromatic rings. The summed E-state index contributed by atoms with van der Waals surface area (Å²) in [4.78, 5) is 27.0. The minimum atomic E-state index is -0.344. The van der Waals surface area contributed by atoms with E-state index < -0.39 is 0 Å². The third-order valence-electron chi connectivity index (χ3n) is 5.33. The lowest BCUT2D eigenvalue weighted by molar-refractivity contribution is -0.116. The number of amides is 1. The Hall–Kier alpha value is -2.12. The van der Waals surface area contributed by atoms with Gasteiger partial charge in [0.25, 0.3) is 0 Å². The summed E-state index contributed by atoms with van der Waals surface area (Å²) in [6.07, 6.45) is 5.22. The van der Waals surface area contributed by atoms with Crippen molar-refractivity contribution in [3.05, 3.63) is 28.6 Å². The van der Waals surface area contributed by atoms with Crippen LogP contribution in [-0.4, -0.2) is 67.3 Å². The van der Waals surface area contributed by atoms with Gasteiger partial charge >= 0.3 is 5.97 Å². The minimum absolute atomic E-state index is 0.146. The average Bonchev–Trinajstić information content (AvgIpc) is 2.96. The number of carbonyl (C=O) groups is 2. The molecule has 1 saturated heterocycles. The maximum atomic E-state index is 12.4. The van der Waals surface area contributed by atoms with Crippen molar-refractivity contribution in [2.45, 2.75) is 47.1 Å². The second kappa shape index (κ2) is 11.8. The first-order valence-electron chi connectivity index (χ1n) is 10.6. The number of carbonyl (C=O) groups excluding carboxylic acids is 2. The largest absolute Gasteiger partial charge is 0.462 e. The standard InChI is InChI=1S/C22H35N3O4/c1-5-25-17(3)19(21(18(25)4)22(27)29-6-2)9-10-20(26)23-11-7-8-12-24-13-15-28-16-14-24/h9-10H,5-8,11-16H2,1-4H3,(H,23,26)/b10-9+. The predicted octanol–water partition coefficient (Wildman–Crippen LogP) is 2.54. The van der Waals surface area contributed by atoms with Crippen LogP contribution >= 0.6 is 0 Å². The zero-order chi connectivity index (χ0) is 21.2. The summed E-state index contributed by atoms with van der Waals surface area (Å²) in [7, 11) is 0. The Labute approximate surface area is 174 Å². The normalized spacial score (nSPS) is 15.0. The topological polar surface area (TPSA) is 72.8 Å². The van der Waals surface area contributed by atoms with Crippen molar-refractivity contribution in [3.8, 4) is 0 Å². The fourth-order valence-corrected chi connectivity index (χ4v) is 3.76. The van der Waals surface area contributed by atoms with Crippen LogP contribution in [0.3, 0.4) is 0 Å². The molecule has 1 aromatic heterocycles. The summed E-state index contributed by atoms with van der Waals surface area (Å²) in [6.45, 7) is 14.1. The van der Waals surface area contributed by atoms with Crippen LogP contribution < -0.4 is 5.32 Å². The van der Waals surface area contributed by atoms with Gasteiger partial charge in [-0.2, -0.15) is 0 Å². The van der Waals surface area contributed by atoms with Gasteiger partial charge in [0.15, 0.2) is 0 Å². The molecule has 2 rings (SSSR count). The number of nitrogens with one attached hydrogen (secondary N) is 1. The number of hydrogen-bond donors (Lipinski definition) is 1. The van der Waals surface area contributed by atoms with E-state index >= 15 is 0 Å². The highest BCUT2D eigenvalue weighted by atomic mass is 16.5. The molecule has 0 unspecified atom stereocenters. The van der Waals surface area contributed by atoms with E-state index in [0.717, 1.165) is 69.2 Å². The SMILES string of the molecule is CCOC(=O)c1c(/C=C/C(=O)NCCCCN2CCOCC2)c(C)n(CC)c1C. The molecule has 0 aromatic carbocycles. The molecule has 7 heteroatoms. The van der Waals surface area contributed by atoms with E-state index in [1.165, 1.54) is 6.08 Å². The Morgan fingerprint density at radius 2 is 1.86 bits per heavy atom. The van der Waals surface area contributed by atoms with Crippen molar-refractivity contribution < 1.29 is 19.1 Å². The van der Waals surface area contributed by atoms with E-state index in [4.69, 9.17) is 9.47 Å². The summed E-state index contributed by atoms with van der Waals surface area (Å²) < 4.78 is 12.6. The van der Waals surface area contributed by atoms with Crippen LogP contribution in [0.25, 0.3) is 6.08 Å². The zero-order valence-corrected chi connectivity index (χ0v) is 18.3. The van der Waals surface area contributed by atoms with E-state index in [1.54, 1.807) is 13.0 Å². The number of rotatable bonds is 10. The monoisotopic (exact) mass is 405 g/mol. The lowest BCUT2D eigenvalue weighted by atomic mass is 10.1. The second-order valence-corrected chi connectivity index (χ2v) is 7.21. The number of nitrogens with zero attached hydrogens (tertiary/aromatic N) is 2. The molecule has 29 heavy (non-hydrogen) atoms. The lowest BCUT2D eigenvalue weighted by Crippen LogP contribution is -2.37. The minimum Gasteiger partial charge on any atom is -0.462 e. The molecule has 1 amide bonds. The summed E-state index contributed by atoms with van der Waals surface area (Å²) in [5.41, 5.74) is 3.13. The maximum absolute atomic E-state index is 12.4. The second-order valence-electron chi connectivity index (χ2n) is 7.21. The average molecular weight is 406 g/mol. The Bertz CT molecular complexity index is 718. The Kier molecular flexibility index (Phi) is 9.41. The fourth-order valence-electron chi connectivity index (χ4n) is 3.76. The quantitative estimate of drug-likeness (QED) is 0.368. The smallest absolute Gasteiger partial charge is 0.340 e. The number of aromatic nitrogens is 1. The predicted molar refractivity (Wildman–Crippen MR) is 114 cm³/mol. The molecule has 0 spiro atoms. The summed E-state index contributed by atoms with van der Waals surface area (Å²) in [5, 5.41) is 2.93. The molecular weight excluding hydrogens is 370 g/mol. The molecule has 7 nitrogen and oxygen atoms in total. The molecule has 0 atom stereocenters. The van der Waals surface area contributed by atoms with Crippen molar-refractivity contribution >= 4 is 18.0 Å². The highest BCUT2D eigenvalue weighted by Gasteiger charge is 2.22. The van der Waals surface area contributed by atoms with Crippen LogP contribution in [0, 0.1) is 13.8 Å². The molecule has 0 aliphatic carbocycles. The summed E-state index contributed by atoms with van der Waals surface area (Å²) in [6, 6.07) is 0. The highest BCUT2D eigenvalue weighted by Crippen LogP contribution is 2.24. The first-order valence-corrected chi connectivity index (χ1v) is 10.6. The van der Waals surface area contributed by atoms with E-state index in [1.807, 2.05) is 20.8 Å². The van der Waals surface area contributed by atoms with Gasteiger partial charge < -0.3 is 19.4 Å². The first kappa shape index (κ1) is 23.2. The molecule has 2 heterocycles. The van der Waals surface area contributed by atoms with Gasteiger partial charge in [-0.25, -0.2) is 4.79 Å². The molecule has 1 aliphatic heterocycles. The number of hydrogen-bond acceptors (Lipinski definition) is 5. The van der Waals surface area contributed by atoms with Gasteiger partial charge in [0, 0.05) is 49.2 Å². The molecule has 1 N–H and O–H groups in total. The molecule has 1 fully saturated rings. The van der Waals surface area contributed by atoms with Crippen LogP contribution in [0.2, 0.25) is 0 Å². The Morgan fingerprint density at radius 1 is 1.14 bits per heavy atom. The van der Waals surface area contributed by atoms with Crippen molar-refractivity contribution in [3.63, 3.8) is 0 Å². The van der Waals surface area contributed by atoms with Crippen LogP contribution in [0.1, 0.15) is 54.0 Å². The molecule has 162 valence electrons. The number of morpholine rings is 1. The molecule has 1 aliphatic rings. The zero-order valence-electron chi connectivity index (χ0n) is 18.3. The van der Waals surface area contributed by atoms with Gasteiger partial charge in [-0.15, -0.1) is 0 Å². The van der Waals surface area contributed by atoms with E-state index in [0.29, 0.717) is 18.7 Å². The number of ether oxygens (including phenoxy) is 2. The van der Waals surface area contributed by atoms with Crippen LogP contribution in [0.5, 0.6) is 0 Å². The van der Waals surface area contributed by atoms with Gasteiger partial charge in [0.1, 0.15) is 0 Å². The number of unbranched alkanes of at least 4 members (excludes halogenated alkanes) is 1. The summed E-state index contributed by atoms with van der Waals surface area (Å²) >= 11 is 0. The third-order valence-corrected chi connectivity index (χ3v) is 5.33. The Balaban J connectivity index is 1.89. The van der Waals surface area contributed by atoms with Gasteiger partial charge in [-0.05, 0) is 53.2 Å². The van der Waals surface area contributed by atoms with Crippen molar-refractivity contribution in [2.75, 3.05) is 46.0 Å². The maximum Gasteiger partial charge on any atom is 0.340 e. The van der Waals surface area contributed by atoms with Gasteiger partial charge in [-0.3, -0.25) is 9.69 Å². The first-order chi connectivity index (χ1) is 14.0. The van der Waals surface area contributed by atoms with Crippen LogP contribution in [-0.2, 0) is 20.8 Å². The van der Waals surface area contributed by atoms with E-state index in [-0.39, 0.29) is 11.9 Å². The highest BCUT2D eigenvalue weighted by molar-refractivity contribution is 5.98. The van der Waals surface area contributed by atoms with E-state index in [2.05, 4.69) is 14.8 Å². The summed E-state index contributed by atoms with van der Waals surface area (Å²) in [5.74, 6) is -0.490. The van der Waals surface area contributed by atoms with Crippen molar-refractivity contribution in [1.29, 1.82) is 0 Å². The van der Waals surface area contributed by atoms with Gasteiger partial charge in [0.2, 0.25) is 5.91 Å². The van der Waals surface area contributed by atoms with E-state index in [9.17, 15) is 9.59 Å². The fraction of sp³-hybridized carbons (Fsp3) is 0.636. The molecular formula is C22H35N3O4. The molecule has 0 bridgehead atoms. The van der Waals surface area contributed by atoms with Crippen LogP contribution in [0.4, 0.5) is 0 Å². The van der Waals surface area contributed by atoms with Crippen LogP contribution in [0.15, 0.2) is 6.08 Å². The Morgan fingerprint density at radius 3 is 2.52 bits per heavy atom. The number of esters is 1. The van der Waals surface area contributed by atoms with Gasteiger partial charge in [-0.1, -0.05) is 0 Å². The molecule has 0 saturated carbocycles.